The number of nitrogens with zero attached hydrogens (tertiary/aromatic N) is 1. The zero-order valence-corrected chi connectivity index (χ0v) is 15.4. The fraction of sp³-hybridized carbons (Fsp3) is 1.00. The molecule has 1 atom stereocenters. The van der Waals surface area contributed by atoms with Crippen LogP contribution in [0.2, 0.25) is 0 Å². The molecule has 0 aromatic carbocycles. The van der Waals surface area contributed by atoms with Gasteiger partial charge < -0.3 is 17.0 Å². The smallest absolute Gasteiger partial charge is 0.149 e. The number of hydroxylamine groups is 4. The first-order valence-electron chi connectivity index (χ1n) is 8.37. The minimum absolute atomic E-state index is 0. The predicted molar refractivity (Wildman–Crippen MR) is 80.3 cm³/mol. The van der Waals surface area contributed by atoms with Crippen LogP contribution in [0, 0.1) is 0 Å². The average Bonchev–Trinajstić information content (AvgIpc) is 2.40. The first-order chi connectivity index (χ1) is 9.04. The summed E-state index contributed by atoms with van der Waals surface area (Å²) in [6.45, 7) is 6.33. The van der Waals surface area contributed by atoms with Crippen molar-refractivity contribution in [2.24, 2.45) is 0 Å². The second-order valence-electron chi connectivity index (χ2n) is 5.92. The summed E-state index contributed by atoms with van der Waals surface area (Å²) >= 11 is 0. The lowest BCUT2D eigenvalue weighted by Gasteiger charge is -2.26. The van der Waals surface area contributed by atoms with Crippen molar-refractivity contribution in [1.82, 2.24) is 0 Å². The monoisotopic (exact) mass is 353 g/mol. The van der Waals surface area contributed by atoms with Gasteiger partial charge in [0.25, 0.3) is 0 Å². The highest BCUT2D eigenvalue weighted by molar-refractivity contribution is 4.51. The highest BCUT2D eigenvalue weighted by Crippen LogP contribution is 2.15. The number of unbranched alkanes of at least 4 members (excludes halogenated alkanes) is 9. The molecule has 0 bridgehead atoms. The largest absolute Gasteiger partial charge is 1.00 e. The predicted octanol–water partition coefficient (Wildman–Crippen LogP) is 2.30. The summed E-state index contributed by atoms with van der Waals surface area (Å²) in [5.74, 6) is 0. The molecule has 0 spiro atoms. The van der Waals surface area contributed by atoms with Crippen molar-refractivity contribution < 1.29 is 32.2 Å². The SMILES string of the molecule is CCCCCCCCCCCCC(C)[N+](O)(O)CC.[Br-]. The van der Waals surface area contributed by atoms with E-state index in [0.29, 0.717) is 6.54 Å². The van der Waals surface area contributed by atoms with E-state index >= 15 is 0 Å². The molecule has 0 saturated carbocycles. The number of rotatable bonds is 13. The first kappa shape index (κ1) is 22.6. The highest BCUT2D eigenvalue weighted by atomic mass is 79.9. The van der Waals surface area contributed by atoms with Gasteiger partial charge in [-0.05, 0) is 25.1 Å². The van der Waals surface area contributed by atoms with E-state index in [2.05, 4.69) is 6.92 Å². The van der Waals surface area contributed by atoms with Crippen molar-refractivity contribution in [2.45, 2.75) is 97.4 Å². The van der Waals surface area contributed by atoms with Gasteiger partial charge >= 0.3 is 0 Å². The minimum atomic E-state index is -0.822. The fourth-order valence-corrected chi connectivity index (χ4v) is 2.45. The summed E-state index contributed by atoms with van der Waals surface area (Å²) in [5, 5.41) is 19.3. The molecule has 0 amide bonds. The molecule has 124 valence electrons. The van der Waals surface area contributed by atoms with Crippen molar-refractivity contribution in [3.8, 4) is 0 Å². The molecule has 0 radical (unpaired) electrons. The Morgan fingerprint density at radius 3 is 1.55 bits per heavy atom. The molecule has 0 rings (SSSR count). The van der Waals surface area contributed by atoms with E-state index in [1.165, 1.54) is 57.8 Å². The zero-order valence-electron chi connectivity index (χ0n) is 13.8. The zero-order chi connectivity index (χ0) is 14.6. The summed E-state index contributed by atoms with van der Waals surface area (Å²) in [6.07, 6.45) is 14.1. The third-order valence-electron chi connectivity index (χ3n) is 4.15. The molecule has 0 aromatic rings. The van der Waals surface area contributed by atoms with Crippen LogP contribution in [-0.4, -0.2) is 27.8 Å². The van der Waals surface area contributed by atoms with E-state index in [1.54, 1.807) is 6.92 Å². The van der Waals surface area contributed by atoms with Crippen LogP contribution in [0.4, 0.5) is 0 Å². The van der Waals surface area contributed by atoms with Gasteiger partial charge in [-0.15, -0.1) is 0 Å². The molecule has 20 heavy (non-hydrogen) atoms. The standard InChI is InChI=1S/C16H36NO2.BrH/c1-4-6-7-8-9-10-11-12-13-14-15-16(3)17(18,19)5-2;/h16,18-19H,4-15H2,1-3H3;1H/q+1;/p-1. The van der Waals surface area contributed by atoms with Gasteiger partial charge in [0.2, 0.25) is 0 Å². The molecular weight excluding hydrogens is 318 g/mol. The van der Waals surface area contributed by atoms with E-state index in [-0.39, 0.29) is 23.0 Å². The highest BCUT2D eigenvalue weighted by Gasteiger charge is 2.28. The molecule has 0 aromatic heterocycles. The maximum Gasteiger partial charge on any atom is 0.149 e. The summed E-state index contributed by atoms with van der Waals surface area (Å²) in [7, 11) is 0. The van der Waals surface area contributed by atoms with E-state index in [4.69, 9.17) is 0 Å². The van der Waals surface area contributed by atoms with Gasteiger partial charge in [0, 0.05) is 6.42 Å². The van der Waals surface area contributed by atoms with Crippen molar-refractivity contribution in [2.75, 3.05) is 6.54 Å². The molecule has 3 nitrogen and oxygen atoms in total. The molecule has 0 aliphatic carbocycles. The molecule has 0 aliphatic heterocycles. The van der Waals surface area contributed by atoms with E-state index in [1.807, 2.05) is 6.92 Å². The molecule has 0 fully saturated rings. The van der Waals surface area contributed by atoms with Gasteiger partial charge in [0.05, 0.1) is 0 Å². The maximum atomic E-state index is 9.63. The fourth-order valence-electron chi connectivity index (χ4n) is 2.45. The van der Waals surface area contributed by atoms with Gasteiger partial charge in [-0.1, -0.05) is 64.7 Å². The van der Waals surface area contributed by atoms with Crippen LogP contribution in [0.3, 0.4) is 0 Å². The Labute approximate surface area is 136 Å². The normalized spacial score (nSPS) is 13.1. The van der Waals surface area contributed by atoms with E-state index in [9.17, 15) is 10.4 Å². The topological polar surface area (TPSA) is 40.5 Å². The van der Waals surface area contributed by atoms with Gasteiger partial charge in [0.15, 0.2) is 0 Å². The Morgan fingerprint density at radius 2 is 1.15 bits per heavy atom. The number of hydrogen-bond donors (Lipinski definition) is 2. The molecule has 0 saturated heterocycles. The van der Waals surface area contributed by atoms with Crippen LogP contribution in [0.1, 0.15) is 91.4 Å². The van der Waals surface area contributed by atoms with Crippen LogP contribution in [0.25, 0.3) is 0 Å². The first-order valence-corrected chi connectivity index (χ1v) is 8.37. The van der Waals surface area contributed by atoms with Crippen LogP contribution < -0.4 is 17.0 Å². The van der Waals surface area contributed by atoms with Crippen LogP contribution in [0.5, 0.6) is 0 Å². The average molecular weight is 354 g/mol. The molecule has 0 heterocycles. The van der Waals surface area contributed by atoms with Crippen molar-refractivity contribution in [3.63, 3.8) is 0 Å². The number of halogens is 1. The third-order valence-corrected chi connectivity index (χ3v) is 4.15. The summed E-state index contributed by atoms with van der Waals surface area (Å²) in [5.41, 5.74) is 0. The Morgan fingerprint density at radius 1 is 0.750 bits per heavy atom. The van der Waals surface area contributed by atoms with Crippen LogP contribution in [-0.2, 0) is 0 Å². The Hall–Kier alpha value is 0.360. The van der Waals surface area contributed by atoms with Crippen molar-refractivity contribution in [3.05, 3.63) is 0 Å². The van der Waals surface area contributed by atoms with Gasteiger partial charge in [-0.2, -0.15) is 10.4 Å². The molecular formula is C16H36BrNO2. The molecule has 4 heteroatoms. The van der Waals surface area contributed by atoms with Gasteiger partial charge in [-0.3, -0.25) is 0 Å². The van der Waals surface area contributed by atoms with Crippen molar-refractivity contribution >= 4 is 0 Å². The quantitative estimate of drug-likeness (QED) is 0.303. The molecule has 1 unspecified atom stereocenters. The summed E-state index contributed by atoms with van der Waals surface area (Å²) in [4.78, 5) is -0.822. The van der Waals surface area contributed by atoms with Crippen LogP contribution in [0.15, 0.2) is 0 Å². The molecule has 0 aliphatic rings. The molecule has 2 N–H and O–H groups in total. The number of hydrogen-bond acceptors (Lipinski definition) is 2. The lowest BCUT2D eigenvalue weighted by molar-refractivity contribution is -1.26. The second kappa shape index (κ2) is 14.3. The lowest BCUT2D eigenvalue weighted by atomic mass is 10.0. The Kier molecular flexibility index (Phi) is 16.2. The third kappa shape index (κ3) is 12.1. The van der Waals surface area contributed by atoms with Crippen molar-refractivity contribution in [1.29, 1.82) is 0 Å². The van der Waals surface area contributed by atoms with Gasteiger partial charge in [0.1, 0.15) is 12.6 Å². The van der Waals surface area contributed by atoms with Crippen LogP contribution >= 0.6 is 0 Å². The van der Waals surface area contributed by atoms with E-state index in [0.717, 1.165) is 12.8 Å². The Bertz CT molecular complexity index is 201. The maximum absolute atomic E-state index is 9.63. The number of quaternary nitrogens is 1. The van der Waals surface area contributed by atoms with Gasteiger partial charge in [-0.25, -0.2) is 0 Å². The summed E-state index contributed by atoms with van der Waals surface area (Å²) < 4.78 is 0. The minimum Gasteiger partial charge on any atom is -1.00 e. The second-order valence-corrected chi connectivity index (χ2v) is 5.92. The summed E-state index contributed by atoms with van der Waals surface area (Å²) in [6, 6.07) is -0.0703. The van der Waals surface area contributed by atoms with E-state index < -0.39 is 4.81 Å². The lowest BCUT2D eigenvalue weighted by Crippen LogP contribution is -3.00. The Balaban J connectivity index is 0.